The van der Waals surface area contributed by atoms with E-state index in [2.05, 4.69) is 15.0 Å². The minimum Gasteiger partial charge on any atom is -0.394 e. The predicted octanol–water partition coefficient (Wildman–Crippen LogP) is -0.519. The second-order valence-electron chi connectivity index (χ2n) is 5.10. The molecule has 21 heavy (non-hydrogen) atoms. The Morgan fingerprint density at radius 3 is 2.76 bits per heavy atom. The second kappa shape index (κ2) is 5.17. The van der Waals surface area contributed by atoms with Crippen LogP contribution in [0.2, 0.25) is 0 Å². The van der Waals surface area contributed by atoms with Crippen molar-refractivity contribution in [3.63, 3.8) is 0 Å². The van der Waals surface area contributed by atoms with Crippen LogP contribution in [0.15, 0.2) is 12.7 Å². The zero-order valence-corrected chi connectivity index (χ0v) is 11.6. The highest BCUT2D eigenvalue weighted by atomic mass is 19.1. The third-order valence-corrected chi connectivity index (χ3v) is 3.51. The summed E-state index contributed by atoms with van der Waals surface area (Å²) in [6.45, 7) is -0.456. The van der Waals surface area contributed by atoms with E-state index in [4.69, 9.17) is 9.84 Å². The molecule has 0 aliphatic carbocycles. The first-order chi connectivity index (χ1) is 10.0. The Labute approximate surface area is 119 Å². The van der Waals surface area contributed by atoms with Gasteiger partial charge in [-0.2, -0.15) is 0 Å². The average molecular weight is 297 g/mol. The minimum absolute atomic E-state index is 0.409. The molecule has 0 radical (unpaired) electrons. The van der Waals surface area contributed by atoms with Gasteiger partial charge in [0.05, 0.1) is 12.9 Å². The van der Waals surface area contributed by atoms with E-state index in [0.29, 0.717) is 17.0 Å². The number of aliphatic hydroxyl groups excluding tert-OH is 2. The van der Waals surface area contributed by atoms with Gasteiger partial charge >= 0.3 is 0 Å². The number of rotatable bonds is 3. The van der Waals surface area contributed by atoms with E-state index in [-0.39, 0.29) is 0 Å². The van der Waals surface area contributed by atoms with Crippen molar-refractivity contribution in [2.24, 2.45) is 0 Å². The maximum atomic E-state index is 14.2. The highest BCUT2D eigenvalue weighted by Crippen LogP contribution is 2.34. The first-order valence-corrected chi connectivity index (χ1v) is 6.48. The van der Waals surface area contributed by atoms with Crippen molar-refractivity contribution in [2.45, 2.75) is 24.6 Å². The van der Waals surface area contributed by atoms with Gasteiger partial charge in [0.2, 0.25) is 0 Å². The lowest BCUT2D eigenvalue weighted by Gasteiger charge is -2.15. The van der Waals surface area contributed by atoms with Crippen LogP contribution < -0.4 is 4.90 Å². The topological polar surface area (TPSA) is 96.5 Å². The Bertz CT molecular complexity index is 649. The van der Waals surface area contributed by atoms with Gasteiger partial charge in [0.1, 0.15) is 18.5 Å². The van der Waals surface area contributed by atoms with Crippen molar-refractivity contribution in [3.05, 3.63) is 12.7 Å². The van der Waals surface area contributed by atoms with Crippen LogP contribution >= 0.6 is 0 Å². The van der Waals surface area contributed by atoms with Crippen molar-refractivity contribution in [2.75, 3.05) is 25.6 Å². The lowest BCUT2D eigenvalue weighted by molar-refractivity contribution is -0.0459. The SMILES string of the molecule is CN(C)c1ncnc2c1ncn2[C@@H]1O[C@H](CO)[C@@H](O)[C@@H]1F. The lowest BCUT2D eigenvalue weighted by Crippen LogP contribution is -2.30. The van der Waals surface area contributed by atoms with Crippen molar-refractivity contribution in [1.82, 2.24) is 19.5 Å². The van der Waals surface area contributed by atoms with Crippen LogP contribution in [0.5, 0.6) is 0 Å². The summed E-state index contributed by atoms with van der Waals surface area (Å²) in [5, 5.41) is 18.8. The normalized spacial score (nSPS) is 29.2. The molecule has 2 aromatic rings. The summed E-state index contributed by atoms with van der Waals surface area (Å²) in [6.07, 6.45) is -2.33. The predicted molar refractivity (Wildman–Crippen MR) is 71.5 cm³/mol. The minimum atomic E-state index is -1.67. The molecule has 1 fully saturated rings. The van der Waals surface area contributed by atoms with Gasteiger partial charge in [0.15, 0.2) is 29.4 Å². The van der Waals surface area contributed by atoms with E-state index in [0.717, 1.165) is 0 Å². The Kier molecular flexibility index (Phi) is 3.47. The van der Waals surface area contributed by atoms with E-state index < -0.39 is 31.2 Å². The van der Waals surface area contributed by atoms with Crippen LogP contribution in [0.3, 0.4) is 0 Å². The van der Waals surface area contributed by atoms with Gasteiger partial charge in [0, 0.05) is 14.1 Å². The largest absolute Gasteiger partial charge is 0.394 e. The molecule has 0 spiro atoms. The summed E-state index contributed by atoms with van der Waals surface area (Å²) in [4.78, 5) is 14.2. The Hall–Kier alpha value is -1.84. The highest BCUT2D eigenvalue weighted by Gasteiger charge is 2.45. The summed E-state index contributed by atoms with van der Waals surface area (Å²) in [5.74, 6) is 0.603. The summed E-state index contributed by atoms with van der Waals surface area (Å²) >= 11 is 0. The number of fused-ring (bicyclic) bond motifs is 1. The van der Waals surface area contributed by atoms with E-state index in [9.17, 15) is 9.50 Å². The molecule has 8 nitrogen and oxygen atoms in total. The molecule has 0 amide bonds. The van der Waals surface area contributed by atoms with Crippen LogP contribution in [0, 0.1) is 0 Å². The van der Waals surface area contributed by atoms with Crippen molar-refractivity contribution < 1.29 is 19.3 Å². The molecule has 0 unspecified atom stereocenters. The number of aliphatic hydroxyl groups is 2. The number of halogens is 1. The number of ether oxygens (including phenoxy) is 1. The molecule has 0 aromatic carbocycles. The molecular weight excluding hydrogens is 281 g/mol. The maximum Gasteiger partial charge on any atom is 0.173 e. The first kappa shape index (κ1) is 14.1. The number of alkyl halides is 1. The molecule has 1 saturated heterocycles. The van der Waals surface area contributed by atoms with Gasteiger partial charge in [-0.25, -0.2) is 19.3 Å². The first-order valence-electron chi connectivity index (χ1n) is 6.48. The molecule has 2 N–H and O–H groups in total. The molecule has 1 aliphatic heterocycles. The third kappa shape index (κ3) is 2.13. The smallest absolute Gasteiger partial charge is 0.173 e. The molecule has 3 rings (SSSR count). The van der Waals surface area contributed by atoms with E-state index in [1.54, 1.807) is 4.90 Å². The summed E-state index contributed by atoms with van der Waals surface area (Å²) in [6, 6.07) is 0. The number of imidazole rings is 1. The molecular formula is C12H16FN5O3. The Morgan fingerprint density at radius 2 is 2.14 bits per heavy atom. The third-order valence-electron chi connectivity index (χ3n) is 3.51. The van der Waals surface area contributed by atoms with Crippen LogP contribution in [0.1, 0.15) is 6.23 Å². The molecule has 9 heteroatoms. The van der Waals surface area contributed by atoms with Gasteiger partial charge < -0.3 is 19.8 Å². The van der Waals surface area contributed by atoms with E-state index in [1.807, 2.05) is 14.1 Å². The molecule has 1 aliphatic rings. The van der Waals surface area contributed by atoms with E-state index in [1.165, 1.54) is 17.2 Å². The number of anilines is 1. The van der Waals surface area contributed by atoms with Crippen molar-refractivity contribution in [3.8, 4) is 0 Å². The van der Waals surface area contributed by atoms with Gasteiger partial charge in [-0.05, 0) is 0 Å². The van der Waals surface area contributed by atoms with Gasteiger partial charge in [-0.3, -0.25) is 4.57 Å². The van der Waals surface area contributed by atoms with Crippen molar-refractivity contribution in [1.29, 1.82) is 0 Å². The quantitative estimate of drug-likeness (QED) is 0.787. The zero-order valence-electron chi connectivity index (χ0n) is 11.6. The summed E-state index contributed by atoms with van der Waals surface area (Å²) < 4.78 is 21.0. The van der Waals surface area contributed by atoms with Crippen LogP contribution in [0.4, 0.5) is 10.2 Å². The van der Waals surface area contributed by atoms with Gasteiger partial charge in [-0.1, -0.05) is 0 Å². The molecule has 0 saturated carbocycles. The van der Waals surface area contributed by atoms with Crippen LogP contribution in [0.25, 0.3) is 11.2 Å². The van der Waals surface area contributed by atoms with Gasteiger partial charge in [0.25, 0.3) is 0 Å². The standard InChI is InChI=1S/C12H16FN5O3/c1-17(2)10-8-11(15-4-14-10)18(5-16-8)12-7(13)9(20)6(3-19)21-12/h4-7,9,12,19-20H,3H2,1-2H3/t6-,7+,9-,12-/m1/s1. The molecule has 2 aromatic heterocycles. The van der Waals surface area contributed by atoms with Crippen LogP contribution in [-0.2, 0) is 4.74 Å². The van der Waals surface area contributed by atoms with E-state index >= 15 is 0 Å². The summed E-state index contributed by atoms with van der Waals surface area (Å²) in [5.41, 5.74) is 0.923. The lowest BCUT2D eigenvalue weighted by atomic mass is 10.1. The Morgan fingerprint density at radius 1 is 1.38 bits per heavy atom. The second-order valence-corrected chi connectivity index (χ2v) is 5.10. The maximum absolute atomic E-state index is 14.2. The number of hydrogen-bond donors (Lipinski definition) is 2. The number of aromatic nitrogens is 4. The molecule has 4 atom stereocenters. The summed E-state index contributed by atoms with van der Waals surface area (Å²) in [7, 11) is 3.63. The highest BCUT2D eigenvalue weighted by molar-refractivity contribution is 5.83. The fourth-order valence-corrected chi connectivity index (χ4v) is 2.43. The molecule has 3 heterocycles. The molecule has 114 valence electrons. The molecule has 0 bridgehead atoms. The zero-order chi connectivity index (χ0) is 15.1. The monoisotopic (exact) mass is 297 g/mol. The van der Waals surface area contributed by atoms with Gasteiger partial charge in [-0.15, -0.1) is 0 Å². The van der Waals surface area contributed by atoms with Crippen molar-refractivity contribution >= 4 is 17.0 Å². The fourth-order valence-electron chi connectivity index (χ4n) is 2.43. The Balaban J connectivity index is 2.04. The average Bonchev–Trinajstić information content (AvgIpc) is 3.01. The fraction of sp³-hybridized carbons (Fsp3) is 0.583. The number of nitrogens with zero attached hydrogens (tertiary/aromatic N) is 5. The number of hydrogen-bond acceptors (Lipinski definition) is 7. The van der Waals surface area contributed by atoms with Crippen LogP contribution in [-0.4, -0.2) is 68.8 Å².